The van der Waals surface area contributed by atoms with Crippen molar-refractivity contribution in [1.82, 2.24) is 10.2 Å². The van der Waals surface area contributed by atoms with Gasteiger partial charge in [0.15, 0.2) is 0 Å². The third-order valence-corrected chi connectivity index (χ3v) is 4.66. The minimum absolute atomic E-state index is 0.0887. The van der Waals surface area contributed by atoms with E-state index >= 15 is 0 Å². The molecule has 1 amide bonds. The summed E-state index contributed by atoms with van der Waals surface area (Å²) in [5.41, 5.74) is -0.867. The molecule has 0 spiro atoms. The number of nitrogens with zero attached hydrogens (tertiary/aromatic N) is 1. The Labute approximate surface area is 144 Å². The number of piperidine rings is 1. The number of amides is 1. The number of carbonyl (C=O) groups is 1. The standard InChI is InChI=1S/C16H21ClF3N3O/c1-10(23-7-3-4-12(9-23)21-2)15(24)22-11-5-6-14(17)13(8-11)16(18,19)20/h5-6,8,10,12,21H,3-4,7,9H2,1-2H3,(H,22,24). The number of likely N-dealkylation sites (N-methyl/N-ethyl adjacent to an activating group) is 1. The maximum atomic E-state index is 12.9. The maximum absolute atomic E-state index is 12.9. The Morgan fingerprint density at radius 2 is 2.12 bits per heavy atom. The van der Waals surface area contributed by atoms with Crippen LogP contribution in [-0.4, -0.2) is 43.0 Å². The van der Waals surface area contributed by atoms with Crippen LogP contribution in [0.3, 0.4) is 0 Å². The van der Waals surface area contributed by atoms with Crippen molar-refractivity contribution in [3.8, 4) is 0 Å². The number of likely N-dealkylation sites (tertiary alicyclic amines) is 1. The van der Waals surface area contributed by atoms with Gasteiger partial charge >= 0.3 is 6.18 Å². The zero-order valence-electron chi connectivity index (χ0n) is 13.6. The van der Waals surface area contributed by atoms with E-state index in [1.54, 1.807) is 6.92 Å². The molecule has 0 radical (unpaired) electrons. The van der Waals surface area contributed by atoms with Crippen molar-refractivity contribution in [2.45, 2.75) is 38.0 Å². The first-order chi connectivity index (χ1) is 11.2. The van der Waals surface area contributed by atoms with E-state index in [0.29, 0.717) is 6.04 Å². The van der Waals surface area contributed by atoms with E-state index in [1.165, 1.54) is 6.07 Å². The van der Waals surface area contributed by atoms with Crippen molar-refractivity contribution in [3.63, 3.8) is 0 Å². The molecule has 0 bridgehead atoms. The Morgan fingerprint density at radius 3 is 2.75 bits per heavy atom. The van der Waals surface area contributed by atoms with Crippen molar-refractivity contribution in [1.29, 1.82) is 0 Å². The SMILES string of the molecule is CNC1CCCN(C(C)C(=O)Nc2ccc(Cl)c(C(F)(F)F)c2)C1. The van der Waals surface area contributed by atoms with Gasteiger partial charge in [-0.1, -0.05) is 11.6 Å². The van der Waals surface area contributed by atoms with Gasteiger partial charge in [-0.05, 0) is 51.6 Å². The number of carbonyl (C=O) groups excluding carboxylic acids is 1. The van der Waals surface area contributed by atoms with Gasteiger partial charge in [-0.25, -0.2) is 0 Å². The van der Waals surface area contributed by atoms with Crippen LogP contribution in [0.4, 0.5) is 18.9 Å². The topological polar surface area (TPSA) is 44.4 Å². The number of halogens is 4. The summed E-state index contributed by atoms with van der Waals surface area (Å²) < 4.78 is 38.7. The predicted molar refractivity (Wildman–Crippen MR) is 88.2 cm³/mol. The van der Waals surface area contributed by atoms with Gasteiger partial charge in [0, 0.05) is 18.3 Å². The molecule has 1 fully saturated rings. The van der Waals surface area contributed by atoms with E-state index in [4.69, 9.17) is 11.6 Å². The quantitative estimate of drug-likeness (QED) is 0.862. The minimum Gasteiger partial charge on any atom is -0.325 e. The smallest absolute Gasteiger partial charge is 0.325 e. The molecule has 1 aliphatic heterocycles. The van der Waals surface area contributed by atoms with Gasteiger partial charge in [0.05, 0.1) is 16.6 Å². The van der Waals surface area contributed by atoms with Crippen LogP contribution in [-0.2, 0) is 11.0 Å². The molecule has 8 heteroatoms. The van der Waals surface area contributed by atoms with Crippen LogP contribution in [0.15, 0.2) is 18.2 Å². The molecule has 1 saturated heterocycles. The van der Waals surface area contributed by atoms with E-state index in [1.807, 2.05) is 11.9 Å². The number of anilines is 1. The molecule has 0 aliphatic carbocycles. The molecule has 1 aromatic carbocycles. The van der Waals surface area contributed by atoms with E-state index in [0.717, 1.165) is 38.1 Å². The number of hydrogen-bond acceptors (Lipinski definition) is 3. The van der Waals surface area contributed by atoms with Gasteiger partial charge in [0.2, 0.25) is 5.91 Å². The van der Waals surface area contributed by atoms with Gasteiger partial charge in [0.1, 0.15) is 0 Å². The summed E-state index contributed by atoms with van der Waals surface area (Å²) in [6.07, 6.45) is -2.54. The molecular formula is C16H21ClF3N3O. The molecule has 0 saturated carbocycles. The number of alkyl halides is 3. The van der Waals surface area contributed by atoms with Crippen LogP contribution in [0, 0.1) is 0 Å². The normalized spacial score (nSPS) is 20.7. The monoisotopic (exact) mass is 363 g/mol. The van der Waals surface area contributed by atoms with Gasteiger partial charge in [-0.3, -0.25) is 9.69 Å². The molecule has 2 atom stereocenters. The van der Waals surface area contributed by atoms with Gasteiger partial charge in [-0.2, -0.15) is 13.2 Å². The second-order valence-electron chi connectivity index (χ2n) is 5.98. The van der Waals surface area contributed by atoms with Crippen LogP contribution in [0.5, 0.6) is 0 Å². The average Bonchev–Trinajstić information content (AvgIpc) is 2.54. The van der Waals surface area contributed by atoms with E-state index in [9.17, 15) is 18.0 Å². The first-order valence-electron chi connectivity index (χ1n) is 7.81. The molecular weight excluding hydrogens is 343 g/mol. The van der Waals surface area contributed by atoms with Gasteiger partial charge in [0.25, 0.3) is 0 Å². The molecule has 1 aliphatic rings. The molecule has 2 unspecified atom stereocenters. The van der Waals surface area contributed by atoms with Crippen LogP contribution in [0.1, 0.15) is 25.3 Å². The number of benzene rings is 1. The molecule has 134 valence electrons. The highest BCUT2D eigenvalue weighted by Crippen LogP contribution is 2.36. The fourth-order valence-corrected chi connectivity index (χ4v) is 3.05. The van der Waals surface area contributed by atoms with Crippen molar-refractivity contribution >= 4 is 23.2 Å². The van der Waals surface area contributed by atoms with Crippen LogP contribution in [0.25, 0.3) is 0 Å². The molecule has 0 aromatic heterocycles. The lowest BCUT2D eigenvalue weighted by molar-refractivity contribution is -0.137. The number of rotatable bonds is 4. The summed E-state index contributed by atoms with van der Waals surface area (Å²) in [6.45, 7) is 3.29. The Kier molecular flexibility index (Phi) is 6.11. The lowest BCUT2D eigenvalue weighted by Gasteiger charge is -2.35. The summed E-state index contributed by atoms with van der Waals surface area (Å²) in [6, 6.07) is 3.27. The van der Waals surface area contributed by atoms with E-state index in [2.05, 4.69) is 10.6 Å². The predicted octanol–water partition coefficient (Wildman–Crippen LogP) is 3.37. The Hall–Kier alpha value is -1.31. The second-order valence-corrected chi connectivity index (χ2v) is 6.39. The maximum Gasteiger partial charge on any atom is 0.417 e. The Bertz CT molecular complexity index is 594. The highest BCUT2D eigenvalue weighted by Gasteiger charge is 2.34. The lowest BCUT2D eigenvalue weighted by Crippen LogP contribution is -2.51. The summed E-state index contributed by atoms with van der Waals surface area (Å²) in [4.78, 5) is 14.4. The molecule has 2 rings (SSSR count). The zero-order chi connectivity index (χ0) is 17.9. The van der Waals surface area contributed by atoms with E-state index in [-0.39, 0.29) is 16.6 Å². The van der Waals surface area contributed by atoms with Crippen LogP contribution >= 0.6 is 11.6 Å². The van der Waals surface area contributed by atoms with Gasteiger partial charge < -0.3 is 10.6 Å². The molecule has 24 heavy (non-hydrogen) atoms. The van der Waals surface area contributed by atoms with Crippen LogP contribution < -0.4 is 10.6 Å². The van der Waals surface area contributed by atoms with E-state index < -0.39 is 17.8 Å². The molecule has 1 heterocycles. The summed E-state index contributed by atoms with van der Waals surface area (Å²) >= 11 is 5.59. The third-order valence-electron chi connectivity index (χ3n) is 4.33. The summed E-state index contributed by atoms with van der Waals surface area (Å²) in [5, 5.41) is 5.36. The highest BCUT2D eigenvalue weighted by atomic mass is 35.5. The molecule has 1 aromatic rings. The fourth-order valence-electron chi connectivity index (χ4n) is 2.83. The Morgan fingerprint density at radius 1 is 1.42 bits per heavy atom. The second kappa shape index (κ2) is 7.72. The third kappa shape index (κ3) is 4.62. The molecule has 2 N–H and O–H groups in total. The van der Waals surface area contributed by atoms with Crippen LogP contribution in [0.2, 0.25) is 5.02 Å². The van der Waals surface area contributed by atoms with Crippen molar-refractivity contribution < 1.29 is 18.0 Å². The fraction of sp³-hybridized carbons (Fsp3) is 0.562. The largest absolute Gasteiger partial charge is 0.417 e. The van der Waals surface area contributed by atoms with Gasteiger partial charge in [-0.15, -0.1) is 0 Å². The Balaban J connectivity index is 2.06. The summed E-state index contributed by atoms with van der Waals surface area (Å²) in [5.74, 6) is -0.331. The van der Waals surface area contributed by atoms with Crippen molar-refractivity contribution in [2.75, 3.05) is 25.5 Å². The molecule has 4 nitrogen and oxygen atoms in total. The summed E-state index contributed by atoms with van der Waals surface area (Å²) in [7, 11) is 1.88. The number of hydrogen-bond donors (Lipinski definition) is 2. The zero-order valence-corrected chi connectivity index (χ0v) is 14.3. The first kappa shape index (κ1) is 19.0. The minimum atomic E-state index is -4.56. The highest BCUT2D eigenvalue weighted by molar-refractivity contribution is 6.31. The average molecular weight is 364 g/mol. The lowest BCUT2D eigenvalue weighted by atomic mass is 10.0. The first-order valence-corrected chi connectivity index (χ1v) is 8.19. The van der Waals surface area contributed by atoms with Crippen molar-refractivity contribution in [2.24, 2.45) is 0 Å². The van der Waals surface area contributed by atoms with Crippen molar-refractivity contribution in [3.05, 3.63) is 28.8 Å². The number of nitrogens with one attached hydrogen (secondary N) is 2.